The quantitative estimate of drug-likeness (QED) is 0.735. The summed E-state index contributed by atoms with van der Waals surface area (Å²) < 4.78 is 5.40. The molecule has 1 aliphatic heterocycles. The minimum atomic E-state index is -0.131. The van der Waals surface area contributed by atoms with Gasteiger partial charge in [0, 0.05) is 18.7 Å². The number of aryl methyl sites for hydroxylation is 1. The summed E-state index contributed by atoms with van der Waals surface area (Å²) in [5.41, 5.74) is 3.56. The van der Waals surface area contributed by atoms with Crippen LogP contribution in [-0.2, 0) is 11.2 Å². The number of anilines is 2. The average Bonchev–Trinajstić information content (AvgIpc) is 3.22. The van der Waals surface area contributed by atoms with Crippen LogP contribution in [0.3, 0.4) is 0 Å². The Morgan fingerprint density at radius 2 is 1.82 bits per heavy atom. The zero-order valence-corrected chi connectivity index (χ0v) is 16.2. The molecular weight excluding hydrogens is 352 g/mol. The molecule has 6 nitrogen and oxygen atoms in total. The molecule has 2 aromatic carbocycles. The molecule has 0 atom stereocenters. The van der Waals surface area contributed by atoms with E-state index in [4.69, 9.17) is 14.7 Å². The minimum absolute atomic E-state index is 0.131. The predicted molar refractivity (Wildman–Crippen MR) is 111 cm³/mol. The van der Waals surface area contributed by atoms with Crippen LogP contribution in [0.1, 0.15) is 24.0 Å². The van der Waals surface area contributed by atoms with Crippen molar-refractivity contribution in [3.63, 3.8) is 0 Å². The van der Waals surface area contributed by atoms with E-state index in [1.165, 1.54) is 0 Å². The van der Waals surface area contributed by atoms with E-state index in [2.05, 4.69) is 10.2 Å². The Labute approximate surface area is 164 Å². The number of hydrogen-bond acceptors (Lipinski definition) is 5. The van der Waals surface area contributed by atoms with Gasteiger partial charge in [0.05, 0.1) is 24.6 Å². The Morgan fingerprint density at radius 3 is 2.54 bits per heavy atom. The molecule has 1 amide bonds. The van der Waals surface area contributed by atoms with Gasteiger partial charge in [0.2, 0.25) is 5.91 Å². The molecule has 6 heteroatoms. The second-order valence-electron chi connectivity index (χ2n) is 7.12. The van der Waals surface area contributed by atoms with Crippen LogP contribution in [0, 0.1) is 6.92 Å². The van der Waals surface area contributed by atoms with Gasteiger partial charge in [-0.1, -0.05) is 29.8 Å². The minimum Gasteiger partial charge on any atom is -0.496 e. The highest BCUT2D eigenvalue weighted by molar-refractivity contribution is 5.95. The SMILES string of the molecule is COc1ccc(C)cc1CC(=O)Nc1nc2ccccc2nc1N1CCCC1. The molecule has 0 unspecified atom stereocenters. The molecular formula is C22H24N4O2. The number of nitrogens with one attached hydrogen (secondary N) is 1. The first-order valence-electron chi connectivity index (χ1n) is 9.59. The van der Waals surface area contributed by atoms with Crippen molar-refractivity contribution in [2.24, 2.45) is 0 Å². The van der Waals surface area contributed by atoms with Crippen molar-refractivity contribution in [3.05, 3.63) is 53.6 Å². The second kappa shape index (κ2) is 7.84. The Kier molecular flexibility index (Phi) is 5.10. The number of fused-ring (bicyclic) bond motifs is 1. The Morgan fingerprint density at radius 1 is 1.11 bits per heavy atom. The fraction of sp³-hybridized carbons (Fsp3) is 0.318. The number of carbonyl (C=O) groups excluding carboxylic acids is 1. The van der Waals surface area contributed by atoms with Gasteiger partial charge < -0.3 is 15.0 Å². The molecule has 0 radical (unpaired) electrons. The highest BCUT2D eigenvalue weighted by Crippen LogP contribution is 2.28. The van der Waals surface area contributed by atoms with Crippen molar-refractivity contribution in [1.29, 1.82) is 0 Å². The first-order chi connectivity index (χ1) is 13.6. The number of nitrogens with zero attached hydrogens (tertiary/aromatic N) is 3. The number of ether oxygens (including phenoxy) is 1. The molecule has 0 bridgehead atoms. The largest absolute Gasteiger partial charge is 0.496 e. The molecule has 144 valence electrons. The maximum absolute atomic E-state index is 12.8. The summed E-state index contributed by atoms with van der Waals surface area (Å²) in [6.07, 6.45) is 2.48. The summed E-state index contributed by atoms with van der Waals surface area (Å²) in [5, 5.41) is 2.99. The van der Waals surface area contributed by atoms with Gasteiger partial charge in [0.25, 0.3) is 0 Å². The van der Waals surface area contributed by atoms with E-state index in [0.29, 0.717) is 11.6 Å². The van der Waals surface area contributed by atoms with Gasteiger partial charge in [0.1, 0.15) is 5.75 Å². The maximum atomic E-state index is 12.8. The number of benzene rings is 2. The summed E-state index contributed by atoms with van der Waals surface area (Å²) in [6.45, 7) is 3.87. The molecule has 1 aromatic heterocycles. The van der Waals surface area contributed by atoms with E-state index < -0.39 is 0 Å². The van der Waals surface area contributed by atoms with Crippen molar-refractivity contribution in [2.45, 2.75) is 26.2 Å². The van der Waals surface area contributed by atoms with Crippen molar-refractivity contribution < 1.29 is 9.53 Å². The van der Waals surface area contributed by atoms with Crippen LogP contribution in [0.2, 0.25) is 0 Å². The smallest absolute Gasteiger partial charge is 0.230 e. The lowest BCUT2D eigenvalue weighted by Gasteiger charge is -2.20. The number of hydrogen-bond donors (Lipinski definition) is 1. The standard InChI is InChI=1S/C22H24N4O2/c1-15-9-10-19(28-2)16(13-15)14-20(27)25-21-22(26-11-5-6-12-26)24-18-8-4-3-7-17(18)23-21/h3-4,7-10,13H,5-6,11-12,14H2,1-2H3,(H,23,25,27). The van der Waals surface area contributed by atoms with Gasteiger partial charge >= 0.3 is 0 Å². The normalized spacial score (nSPS) is 13.7. The van der Waals surface area contributed by atoms with Crippen molar-refractivity contribution in [1.82, 2.24) is 9.97 Å². The van der Waals surface area contributed by atoms with E-state index in [1.54, 1.807) is 7.11 Å². The third-order valence-corrected chi connectivity index (χ3v) is 5.00. The predicted octanol–water partition coefficient (Wildman–Crippen LogP) is 3.73. The van der Waals surface area contributed by atoms with Gasteiger partial charge in [-0.25, -0.2) is 9.97 Å². The molecule has 1 aliphatic rings. The van der Waals surface area contributed by atoms with Crippen LogP contribution in [0.5, 0.6) is 5.75 Å². The number of para-hydroxylation sites is 2. The third-order valence-electron chi connectivity index (χ3n) is 5.00. The van der Waals surface area contributed by atoms with E-state index in [9.17, 15) is 4.79 Å². The van der Waals surface area contributed by atoms with Crippen molar-refractivity contribution >= 4 is 28.6 Å². The Hall–Kier alpha value is -3.15. The van der Waals surface area contributed by atoms with Gasteiger partial charge in [-0.3, -0.25) is 4.79 Å². The van der Waals surface area contributed by atoms with Crippen LogP contribution in [-0.4, -0.2) is 36.1 Å². The molecule has 3 aromatic rings. The molecule has 1 N–H and O–H groups in total. The molecule has 28 heavy (non-hydrogen) atoms. The lowest BCUT2D eigenvalue weighted by atomic mass is 10.1. The fourth-order valence-electron chi connectivity index (χ4n) is 3.62. The summed E-state index contributed by atoms with van der Waals surface area (Å²) >= 11 is 0. The monoisotopic (exact) mass is 376 g/mol. The molecule has 2 heterocycles. The van der Waals surface area contributed by atoms with E-state index >= 15 is 0 Å². The summed E-state index contributed by atoms with van der Waals surface area (Å²) in [5.74, 6) is 1.86. The van der Waals surface area contributed by atoms with Crippen LogP contribution in [0.15, 0.2) is 42.5 Å². The first kappa shape index (κ1) is 18.2. The number of amides is 1. The van der Waals surface area contributed by atoms with Crippen LogP contribution in [0.25, 0.3) is 11.0 Å². The maximum Gasteiger partial charge on any atom is 0.230 e. The number of carbonyl (C=O) groups is 1. The number of aromatic nitrogens is 2. The van der Waals surface area contributed by atoms with Gasteiger partial charge in [-0.05, 0) is 38.0 Å². The molecule has 0 spiro atoms. The van der Waals surface area contributed by atoms with E-state index in [1.807, 2.05) is 49.4 Å². The summed E-state index contributed by atoms with van der Waals surface area (Å²) in [6, 6.07) is 13.6. The Balaban J connectivity index is 1.64. The second-order valence-corrected chi connectivity index (χ2v) is 7.12. The molecule has 1 fully saturated rings. The molecule has 0 aliphatic carbocycles. The van der Waals surface area contributed by atoms with Crippen LogP contribution < -0.4 is 15.0 Å². The lowest BCUT2D eigenvalue weighted by molar-refractivity contribution is -0.115. The summed E-state index contributed by atoms with van der Waals surface area (Å²) in [4.78, 5) is 24.5. The molecule has 0 saturated carbocycles. The highest BCUT2D eigenvalue weighted by Gasteiger charge is 2.21. The molecule has 4 rings (SSSR count). The van der Waals surface area contributed by atoms with E-state index in [-0.39, 0.29) is 12.3 Å². The van der Waals surface area contributed by atoms with Crippen LogP contribution in [0.4, 0.5) is 11.6 Å². The topological polar surface area (TPSA) is 67.3 Å². The van der Waals surface area contributed by atoms with Crippen LogP contribution >= 0.6 is 0 Å². The van der Waals surface area contributed by atoms with Gasteiger partial charge in [-0.15, -0.1) is 0 Å². The first-order valence-corrected chi connectivity index (χ1v) is 9.59. The lowest BCUT2D eigenvalue weighted by Crippen LogP contribution is -2.24. The zero-order chi connectivity index (χ0) is 19.5. The number of methoxy groups -OCH3 is 1. The third kappa shape index (κ3) is 3.76. The average molecular weight is 376 g/mol. The Bertz CT molecular complexity index is 1010. The fourth-order valence-corrected chi connectivity index (χ4v) is 3.62. The molecule has 1 saturated heterocycles. The summed E-state index contributed by atoms with van der Waals surface area (Å²) in [7, 11) is 1.62. The van der Waals surface area contributed by atoms with Crippen molar-refractivity contribution in [3.8, 4) is 5.75 Å². The van der Waals surface area contributed by atoms with Crippen molar-refractivity contribution in [2.75, 3.05) is 30.4 Å². The highest BCUT2D eigenvalue weighted by atomic mass is 16.5. The van der Waals surface area contributed by atoms with Gasteiger partial charge in [0.15, 0.2) is 11.6 Å². The number of rotatable bonds is 5. The zero-order valence-electron chi connectivity index (χ0n) is 16.2. The van der Waals surface area contributed by atoms with E-state index in [0.717, 1.165) is 53.9 Å². The van der Waals surface area contributed by atoms with Gasteiger partial charge in [-0.2, -0.15) is 0 Å².